The van der Waals surface area contributed by atoms with Crippen molar-refractivity contribution in [2.45, 2.75) is 23.6 Å². The minimum absolute atomic E-state index is 0.317. The third-order valence-electron chi connectivity index (χ3n) is 0.882. The number of Topliss-reactive ketones (excluding diaryl/α,β-unsaturated/α-hetero) is 1. The van der Waals surface area contributed by atoms with Gasteiger partial charge in [0.1, 0.15) is 0 Å². The van der Waals surface area contributed by atoms with Crippen LogP contribution in [0.4, 0.5) is 0 Å². The molecular weight excluding hydrogens is 182 g/mol. The fourth-order valence-corrected chi connectivity index (χ4v) is 0.897. The monoisotopic (exact) mass is 188 g/mol. The van der Waals surface area contributed by atoms with Crippen molar-refractivity contribution in [2.24, 2.45) is 0 Å². The van der Waals surface area contributed by atoms with Crippen LogP contribution in [-0.2, 0) is 4.79 Å². The first-order valence-electron chi connectivity index (χ1n) is 2.55. The van der Waals surface area contributed by atoms with E-state index in [1.54, 1.807) is 6.92 Å². The van der Waals surface area contributed by atoms with Gasteiger partial charge in [0.25, 0.3) is 0 Å². The van der Waals surface area contributed by atoms with Crippen LogP contribution in [0.5, 0.6) is 0 Å². The predicted molar refractivity (Wildman–Crippen MR) is 40.4 cm³/mol. The highest BCUT2D eigenvalue weighted by Crippen LogP contribution is 2.12. The van der Waals surface area contributed by atoms with Gasteiger partial charge in [-0.1, -0.05) is 30.1 Å². The number of hydrogen-bond donors (Lipinski definition) is 0. The second-order valence-corrected chi connectivity index (χ2v) is 3.20. The Hall–Kier alpha value is 0.540. The number of halogens is 3. The number of ketones is 1. The minimum Gasteiger partial charge on any atom is -0.295 e. The smallest absolute Gasteiger partial charge is 0.183 e. The summed E-state index contributed by atoms with van der Waals surface area (Å²) >= 11 is 16.0. The third-order valence-corrected chi connectivity index (χ3v) is 1.84. The molecule has 0 amide bonds. The number of carbonyl (C=O) groups is 1. The van der Waals surface area contributed by atoms with Crippen LogP contribution in [0.3, 0.4) is 0 Å². The Balaban J connectivity index is 3.73. The second kappa shape index (κ2) is 4.37. The minimum atomic E-state index is -0.979. The SMILES string of the molecule is CCC(Cl)C(=O)C(Cl)Cl. The van der Waals surface area contributed by atoms with Gasteiger partial charge in [0.05, 0.1) is 5.38 Å². The first kappa shape index (κ1) is 9.54. The van der Waals surface area contributed by atoms with Crippen molar-refractivity contribution < 1.29 is 4.79 Å². The molecular formula is C5H7Cl3O. The zero-order valence-corrected chi connectivity index (χ0v) is 7.17. The Morgan fingerprint density at radius 2 is 1.89 bits per heavy atom. The van der Waals surface area contributed by atoms with Gasteiger partial charge in [0.2, 0.25) is 0 Å². The Labute approximate surface area is 69.3 Å². The molecule has 0 saturated carbocycles. The molecule has 0 aromatic heterocycles. The summed E-state index contributed by atoms with van der Waals surface area (Å²) in [6.07, 6.45) is 0.566. The Morgan fingerprint density at radius 3 is 2.00 bits per heavy atom. The fourth-order valence-electron chi connectivity index (χ4n) is 0.338. The molecule has 0 saturated heterocycles. The van der Waals surface area contributed by atoms with Crippen LogP contribution in [0.25, 0.3) is 0 Å². The van der Waals surface area contributed by atoms with Crippen LogP contribution in [0, 0.1) is 0 Å². The largest absolute Gasteiger partial charge is 0.295 e. The topological polar surface area (TPSA) is 17.1 Å². The first-order valence-corrected chi connectivity index (χ1v) is 3.86. The highest BCUT2D eigenvalue weighted by Gasteiger charge is 2.19. The quantitative estimate of drug-likeness (QED) is 0.623. The second-order valence-electron chi connectivity index (χ2n) is 1.58. The first-order chi connectivity index (χ1) is 4.09. The highest BCUT2D eigenvalue weighted by molar-refractivity contribution is 6.56. The maximum absolute atomic E-state index is 10.7. The normalized spacial score (nSPS) is 13.9. The zero-order valence-electron chi connectivity index (χ0n) is 4.90. The summed E-state index contributed by atoms with van der Waals surface area (Å²) in [5, 5.41) is -0.537. The van der Waals surface area contributed by atoms with Crippen molar-refractivity contribution >= 4 is 40.6 Å². The molecule has 0 aliphatic heterocycles. The van der Waals surface area contributed by atoms with Crippen molar-refractivity contribution in [3.8, 4) is 0 Å². The molecule has 0 aliphatic carbocycles. The van der Waals surface area contributed by atoms with Gasteiger partial charge < -0.3 is 0 Å². The van der Waals surface area contributed by atoms with E-state index in [1.807, 2.05) is 0 Å². The van der Waals surface area contributed by atoms with Crippen LogP contribution >= 0.6 is 34.8 Å². The van der Waals surface area contributed by atoms with Gasteiger partial charge in [-0.2, -0.15) is 0 Å². The average molecular weight is 189 g/mol. The number of carbonyl (C=O) groups excluding carboxylic acids is 1. The fraction of sp³-hybridized carbons (Fsp3) is 0.800. The molecule has 0 aromatic carbocycles. The van der Waals surface area contributed by atoms with Gasteiger partial charge in [-0.15, -0.1) is 11.6 Å². The lowest BCUT2D eigenvalue weighted by atomic mass is 10.2. The van der Waals surface area contributed by atoms with Crippen LogP contribution in [0.1, 0.15) is 13.3 Å². The summed E-state index contributed by atoms with van der Waals surface area (Å²) in [5.74, 6) is -0.317. The van der Waals surface area contributed by atoms with E-state index < -0.39 is 10.2 Å². The Kier molecular flexibility index (Phi) is 4.63. The maximum atomic E-state index is 10.7. The van der Waals surface area contributed by atoms with E-state index in [0.717, 1.165) is 0 Å². The molecule has 1 nitrogen and oxygen atoms in total. The molecule has 0 fully saturated rings. The van der Waals surface area contributed by atoms with Gasteiger partial charge in [-0.3, -0.25) is 4.79 Å². The van der Waals surface area contributed by atoms with E-state index in [9.17, 15) is 4.79 Å². The summed E-state index contributed by atoms with van der Waals surface area (Å²) in [6, 6.07) is 0. The van der Waals surface area contributed by atoms with Crippen LogP contribution < -0.4 is 0 Å². The van der Waals surface area contributed by atoms with Crippen LogP contribution in [-0.4, -0.2) is 16.0 Å². The zero-order chi connectivity index (χ0) is 7.44. The molecule has 0 rings (SSSR count). The lowest BCUT2D eigenvalue weighted by Gasteiger charge is -2.03. The molecule has 1 atom stereocenters. The van der Waals surface area contributed by atoms with E-state index >= 15 is 0 Å². The lowest BCUT2D eigenvalue weighted by molar-refractivity contribution is -0.117. The number of hydrogen-bond acceptors (Lipinski definition) is 1. The third kappa shape index (κ3) is 3.29. The molecule has 0 aromatic rings. The summed E-state index contributed by atoms with van der Waals surface area (Å²) in [5.41, 5.74) is 0. The van der Waals surface area contributed by atoms with E-state index in [4.69, 9.17) is 34.8 Å². The molecule has 9 heavy (non-hydrogen) atoms. The van der Waals surface area contributed by atoms with E-state index in [-0.39, 0.29) is 5.78 Å². The molecule has 1 unspecified atom stereocenters. The Bertz CT molecular complexity index is 102. The van der Waals surface area contributed by atoms with Crippen LogP contribution in [0.15, 0.2) is 0 Å². The molecule has 0 spiro atoms. The van der Waals surface area contributed by atoms with Crippen LogP contribution in [0.2, 0.25) is 0 Å². The molecule has 0 bridgehead atoms. The van der Waals surface area contributed by atoms with Crippen molar-refractivity contribution in [3.63, 3.8) is 0 Å². The standard InChI is InChI=1S/C5H7Cl3O/c1-2-3(6)4(9)5(7)8/h3,5H,2H2,1H3. The summed E-state index contributed by atoms with van der Waals surface area (Å²) < 4.78 is 0. The number of rotatable bonds is 3. The van der Waals surface area contributed by atoms with Gasteiger partial charge in [0.15, 0.2) is 10.6 Å². The van der Waals surface area contributed by atoms with Crippen molar-refractivity contribution in [1.82, 2.24) is 0 Å². The average Bonchev–Trinajstić information content (AvgIpc) is 1.84. The molecule has 0 radical (unpaired) electrons. The van der Waals surface area contributed by atoms with Gasteiger partial charge in [-0.05, 0) is 6.42 Å². The highest BCUT2D eigenvalue weighted by atomic mass is 35.5. The van der Waals surface area contributed by atoms with E-state index in [2.05, 4.69) is 0 Å². The summed E-state index contributed by atoms with van der Waals surface area (Å²) in [7, 11) is 0. The molecule has 4 heteroatoms. The van der Waals surface area contributed by atoms with Gasteiger partial charge in [0, 0.05) is 0 Å². The van der Waals surface area contributed by atoms with Gasteiger partial charge >= 0.3 is 0 Å². The molecule has 0 N–H and O–H groups in total. The number of alkyl halides is 3. The van der Waals surface area contributed by atoms with Crippen molar-refractivity contribution in [1.29, 1.82) is 0 Å². The molecule has 54 valence electrons. The predicted octanol–water partition coefficient (Wildman–Crippen LogP) is 2.38. The molecule has 0 aliphatic rings. The maximum Gasteiger partial charge on any atom is 0.183 e. The molecule has 0 heterocycles. The van der Waals surface area contributed by atoms with Gasteiger partial charge in [-0.25, -0.2) is 0 Å². The van der Waals surface area contributed by atoms with Crippen molar-refractivity contribution in [3.05, 3.63) is 0 Å². The van der Waals surface area contributed by atoms with E-state index in [1.165, 1.54) is 0 Å². The summed E-state index contributed by atoms with van der Waals surface area (Å²) in [6.45, 7) is 1.80. The van der Waals surface area contributed by atoms with Crippen molar-refractivity contribution in [2.75, 3.05) is 0 Å². The Morgan fingerprint density at radius 1 is 1.44 bits per heavy atom. The summed E-state index contributed by atoms with van der Waals surface area (Å²) in [4.78, 5) is 9.70. The lowest BCUT2D eigenvalue weighted by Crippen LogP contribution is -2.19. The van der Waals surface area contributed by atoms with E-state index in [0.29, 0.717) is 6.42 Å².